The molecule has 0 saturated heterocycles. The van der Waals surface area contributed by atoms with Crippen LogP contribution in [0.25, 0.3) is 0 Å². The number of aromatic hydroxyl groups is 1. The summed E-state index contributed by atoms with van der Waals surface area (Å²) in [5.74, 6) is 0.209. The molecule has 0 bridgehead atoms. The van der Waals surface area contributed by atoms with Crippen molar-refractivity contribution in [3.63, 3.8) is 0 Å². The van der Waals surface area contributed by atoms with Crippen molar-refractivity contribution in [1.29, 1.82) is 0 Å². The molecule has 3 aromatic carbocycles. The lowest BCUT2D eigenvalue weighted by molar-refractivity contribution is -0.112. The smallest absolute Gasteiger partial charge is 0.279 e. The third-order valence-electron chi connectivity index (χ3n) is 4.65. The van der Waals surface area contributed by atoms with E-state index in [0.717, 1.165) is 16.8 Å². The van der Waals surface area contributed by atoms with E-state index in [0.29, 0.717) is 23.6 Å². The number of ether oxygens (including phenoxy) is 1. The van der Waals surface area contributed by atoms with Crippen LogP contribution in [0.4, 0.5) is 5.69 Å². The number of benzene rings is 3. The van der Waals surface area contributed by atoms with Gasteiger partial charge < -0.3 is 14.7 Å². The van der Waals surface area contributed by atoms with Gasteiger partial charge in [-0.2, -0.15) is 5.10 Å². The Kier molecular flexibility index (Phi) is 5.07. The van der Waals surface area contributed by atoms with Crippen LogP contribution in [0.2, 0.25) is 0 Å². The summed E-state index contributed by atoms with van der Waals surface area (Å²) in [6, 6.07) is 22.2. The zero-order valence-electron chi connectivity index (χ0n) is 15.8. The van der Waals surface area contributed by atoms with Crippen LogP contribution in [-0.4, -0.2) is 30.0 Å². The van der Waals surface area contributed by atoms with Gasteiger partial charge in [-0.1, -0.05) is 48.5 Å². The maximum absolute atomic E-state index is 13.0. The molecule has 1 aliphatic rings. The van der Waals surface area contributed by atoms with Crippen LogP contribution in [0.1, 0.15) is 16.7 Å². The van der Waals surface area contributed by atoms with Gasteiger partial charge in [-0.3, -0.25) is 4.79 Å². The molecular formula is C23H19N3O3. The zero-order chi connectivity index (χ0) is 20.2. The van der Waals surface area contributed by atoms with Gasteiger partial charge in [0.15, 0.2) is 17.2 Å². The van der Waals surface area contributed by atoms with Gasteiger partial charge in [0, 0.05) is 5.56 Å². The molecule has 144 valence electrons. The van der Waals surface area contributed by atoms with Crippen molar-refractivity contribution >= 4 is 23.5 Å². The average molecular weight is 385 g/mol. The summed E-state index contributed by atoms with van der Waals surface area (Å²) < 4.78 is 5.09. The highest BCUT2D eigenvalue weighted by Crippen LogP contribution is 2.31. The highest BCUT2D eigenvalue weighted by molar-refractivity contribution is 6.54. The van der Waals surface area contributed by atoms with E-state index in [1.54, 1.807) is 17.0 Å². The fourth-order valence-corrected chi connectivity index (χ4v) is 3.21. The molecule has 0 radical (unpaired) electrons. The number of phenols is 1. The van der Waals surface area contributed by atoms with E-state index in [1.807, 2.05) is 54.6 Å². The fraction of sp³-hybridized carbons (Fsp3) is 0.0870. The SMILES string of the molecule is COc1cc(/C=N/N=C2\C(=O)N(Cc3ccccc3)c3ccccc32)ccc1O. The number of hydrogen-bond donors (Lipinski definition) is 1. The number of anilines is 1. The fourth-order valence-electron chi connectivity index (χ4n) is 3.21. The number of carbonyl (C=O) groups excluding carboxylic acids is 1. The first kappa shape index (κ1) is 18.4. The minimum Gasteiger partial charge on any atom is -0.504 e. The standard InChI is InChI=1S/C23H19N3O3/c1-29-21-13-17(11-12-20(21)27)14-24-25-22-18-9-5-6-10-19(18)26(23(22)28)15-16-7-3-2-4-8-16/h2-14,27H,15H2,1H3/b24-14+,25-22-. The molecule has 0 unspecified atom stereocenters. The van der Waals surface area contributed by atoms with Gasteiger partial charge in [0.1, 0.15) is 0 Å². The highest BCUT2D eigenvalue weighted by atomic mass is 16.5. The number of methoxy groups -OCH3 is 1. The van der Waals surface area contributed by atoms with Crippen LogP contribution in [0, 0.1) is 0 Å². The van der Waals surface area contributed by atoms with Gasteiger partial charge >= 0.3 is 0 Å². The number of fused-ring (bicyclic) bond motifs is 1. The molecular weight excluding hydrogens is 366 g/mol. The molecule has 3 aromatic rings. The van der Waals surface area contributed by atoms with Gasteiger partial charge in [-0.05, 0) is 35.4 Å². The lowest BCUT2D eigenvalue weighted by Crippen LogP contribution is -2.29. The van der Waals surface area contributed by atoms with Gasteiger partial charge in [0.05, 0.1) is 25.6 Å². The molecule has 6 nitrogen and oxygen atoms in total. The van der Waals surface area contributed by atoms with Crippen molar-refractivity contribution in [2.24, 2.45) is 10.2 Å². The first-order valence-electron chi connectivity index (χ1n) is 9.10. The predicted molar refractivity (Wildman–Crippen MR) is 113 cm³/mol. The number of rotatable bonds is 5. The molecule has 0 saturated carbocycles. The van der Waals surface area contributed by atoms with Crippen molar-refractivity contribution in [3.8, 4) is 11.5 Å². The maximum atomic E-state index is 13.0. The summed E-state index contributed by atoms with van der Waals surface area (Å²) in [4.78, 5) is 14.7. The molecule has 0 fully saturated rings. The van der Waals surface area contributed by atoms with E-state index in [4.69, 9.17) is 4.74 Å². The molecule has 0 spiro atoms. The average Bonchev–Trinajstić information content (AvgIpc) is 3.01. The highest BCUT2D eigenvalue weighted by Gasteiger charge is 2.33. The van der Waals surface area contributed by atoms with E-state index in [-0.39, 0.29) is 11.7 Å². The van der Waals surface area contributed by atoms with E-state index < -0.39 is 0 Å². The van der Waals surface area contributed by atoms with Crippen LogP contribution in [0.5, 0.6) is 11.5 Å². The summed E-state index contributed by atoms with van der Waals surface area (Å²) >= 11 is 0. The number of amides is 1. The van der Waals surface area contributed by atoms with E-state index >= 15 is 0 Å². The molecule has 1 N–H and O–H groups in total. The third-order valence-corrected chi connectivity index (χ3v) is 4.65. The van der Waals surface area contributed by atoms with Crippen molar-refractivity contribution in [1.82, 2.24) is 0 Å². The number of carbonyl (C=O) groups is 1. The van der Waals surface area contributed by atoms with E-state index in [1.165, 1.54) is 19.4 Å². The van der Waals surface area contributed by atoms with Crippen LogP contribution < -0.4 is 9.64 Å². The van der Waals surface area contributed by atoms with Crippen LogP contribution in [0.3, 0.4) is 0 Å². The van der Waals surface area contributed by atoms with Gasteiger partial charge in [-0.15, -0.1) is 5.10 Å². The van der Waals surface area contributed by atoms with E-state index in [9.17, 15) is 9.90 Å². The molecule has 1 heterocycles. The van der Waals surface area contributed by atoms with Gasteiger partial charge in [-0.25, -0.2) is 0 Å². The Hall–Kier alpha value is -3.93. The summed E-state index contributed by atoms with van der Waals surface area (Å²) in [5.41, 5.74) is 3.62. The molecule has 1 aliphatic heterocycles. The third kappa shape index (κ3) is 3.73. The molecule has 6 heteroatoms. The summed E-state index contributed by atoms with van der Waals surface area (Å²) in [6.07, 6.45) is 1.52. The zero-order valence-corrected chi connectivity index (χ0v) is 15.8. The number of para-hydroxylation sites is 1. The van der Waals surface area contributed by atoms with Crippen molar-refractivity contribution in [3.05, 3.63) is 89.5 Å². The first-order valence-corrected chi connectivity index (χ1v) is 9.10. The second kappa shape index (κ2) is 7.98. The summed E-state index contributed by atoms with van der Waals surface area (Å²) in [6.45, 7) is 0.467. The van der Waals surface area contributed by atoms with Gasteiger partial charge in [0.25, 0.3) is 5.91 Å². The Morgan fingerprint density at radius 3 is 2.59 bits per heavy atom. The molecule has 0 aromatic heterocycles. The number of phenolic OH excluding ortho intramolecular Hbond substituents is 1. The number of nitrogens with zero attached hydrogens (tertiary/aromatic N) is 3. The van der Waals surface area contributed by atoms with Crippen LogP contribution >= 0.6 is 0 Å². The Morgan fingerprint density at radius 2 is 1.79 bits per heavy atom. The van der Waals surface area contributed by atoms with Crippen LogP contribution in [0.15, 0.2) is 83.0 Å². The van der Waals surface area contributed by atoms with E-state index in [2.05, 4.69) is 10.2 Å². The summed E-state index contributed by atoms with van der Waals surface area (Å²) in [7, 11) is 1.48. The predicted octanol–water partition coefficient (Wildman–Crippen LogP) is 3.77. The second-order valence-corrected chi connectivity index (χ2v) is 6.52. The number of hydrogen-bond acceptors (Lipinski definition) is 5. The lowest BCUT2D eigenvalue weighted by Gasteiger charge is -2.16. The minimum atomic E-state index is -0.185. The maximum Gasteiger partial charge on any atom is 0.279 e. The first-order chi connectivity index (χ1) is 14.2. The van der Waals surface area contributed by atoms with Crippen molar-refractivity contribution in [2.45, 2.75) is 6.54 Å². The Labute approximate surface area is 168 Å². The quantitative estimate of drug-likeness (QED) is 0.537. The lowest BCUT2D eigenvalue weighted by atomic mass is 10.1. The Balaban J connectivity index is 1.63. The molecule has 29 heavy (non-hydrogen) atoms. The molecule has 0 atom stereocenters. The summed E-state index contributed by atoms with van der Waals surface area (Å²) in [5, 5.41) is 18.0. The topological polar surface area (TPSA) is 74.5 Å². The molecule has 4 rings (SSSR count). The largest absolute Gasteiger partial charge is 0.504 e. The molecule has 1 amide bonds. The Morgan fingerprint density at radius 1 is 1.03 bits per heavy atom. The molecule has 0 aliphatic carbocycles. The second-order valence-electron chi connectivity index (χ2n) is 6.52. The normalized spacial score (nSPS) is 14.6. The van der Waals surface area contributed by atoms with Gasteiger partial charge in [0.2, 0.25) is 0 Å². The Bertz CT molecular complexity index is 1110. The minimum absolute atomic E-state index is 0.0485. The van der Waals surface area contributed by atoms with Crippen molar-refractivity contribution in [2.75, 3.05) is 12.0 Å². The van der Waals surface area contributed by atoms with Crippen molar-refractivity contribution < 1.29 is 14.6 Å². The monoisotopic (exact) mass is 385 g/mol. The van der Waals surface area contributed by atoms with Crippen LogP contribution in [-0.2, 0) is 11.3 Å².